The number of halogens is 6. The van der Waals surface area contributed by atoms with Crippen LogP contribution in [0.2, 0.25) is 0 Å². The second-order valence-corrected chi connectivity index (χ2v) is 6.49. The molecule has 0 unspecified atom stereocenters. The summed E-state index contributed by atoms with van der Waals surface area (Å²) in [5.74, 6) is -11.4. The minimum absolute atomic E-state index is 0.0684. The maximum absolute atomic E-state index is 14.2. The molecule has 3 nitrogen and oxygen atoms in total. The summed E-state index contributed by atoms with van der Waals surface area (Å²) >= 11 is 0. The first kappa shape index (κ1) is 20.4. The molecule has 3 aromatic rings. The zero-order valence-corrected chi connectivity index (χ0v) is 15.4. The van der Waals surface area contributed by atoms with Crippen LogP contribution in [0.4, 0.5) is 32.0 Å². The number of benzene rings is 3. The van der Waals surface area contributed by atoms with Gasteiger partial charge in [-0.1, -0.05) is 30.3 Å². The first-order valence-electron chi connectivity index (χ1n) is 8.81. The average molecular weight is 431 g/mol. The van der Waals surface area contributed by atoms with Crippen LogP contribution in [0, 0.1) is 40.3 Å². The van der Waals surface area contributed by atoms with Crippen LogP contribution < -0.4 is 5.01 Å². The van der Waals surface area contributed by atoms with Gasteiger partial charge in [0.1, 0.15) is 11.5 Å². The maximum Gasteiger partial charge on any atom is 0.200 e. The summed E-state index contributed by atoms with van der Waals surface area (Å²) < 4.78 is 82.5. The highest BCUT2D eigenvalue weighted by atomic mass is 19.2. The Labute approximate surface area is 172 Å². The van der Waals surface area contributed by atoms with Gasteiger partial charge in [0.25, 0.3) is 0 Å². The Morgan fingerprint density at radius 1 is 0.710 bits per heavy atom. The molecule has 0 bridgehead atoms. The summed E-state index contributed by atoms with van der Waals surface area (Å²) in [4.78, 5) is 0. The lowest BCUT2D eigenvalue weighted by atomic mass is 9.99. The zero-order chi connectivity index (χ0) is 22.3. The molecule has 0 aliphatic carbocycles. The number of nitrogens with one attached hydrogen (secondary N) is 1. The highest BCUT2D eigenvalue weighted by molar-refractivity contribution is 6.38. The highest BCUT2D eigenvalue weighted by Gasteiger charge is 2.31. The van der Waals surface area contributed by atoms with Crippen molar-refractivity contribution >= 4 is 23.3 Å². The van der Waals surface area contributed by atoms with E-state index in [0.717, 1.165) is 17.1 Å². The van der Waals surface area contributed by atoms with Gasteiger partial charge in [0.15, 0.2) is 29.1 Å². The van der Waals surface area contributed by atoms with E-state index in [4.69, 9.17) is 5.41 Å². The molecule has 0 atom stereocenters. The van der Waals surface area contributed by atoms with Crippen LogP contribution in [-0.2, 0) is 0 Å². The van der Waals surface area contributed by atoms with Gasteiger partial charge in [-0.2, -0.15) is 5.10 Å². The lowest BCUT2D eigenvalue weighted by molar-refractivity contribution is 0.377. The van der Waals surface area contributed by atoms with E-state index < -0.39 is 46.3 Å². The van der Waals surface area contributed by atoms with Crippen molar-refractivity contribution < 1.29 is 26.3 Å². The number of hydrazone groups is 1. The fourth-order valence-electron chi connectivity index (χ4n) is 3.04. The molecular weight excluding hydrogens is 420 g/mol. The first-order valence-corrected chi connectivity index (χ1v) is 8.81. The minimum Gasteiger partial charge on any atom is -0.282 e. The molecule has 0 aromatic heterocycles. The van der Waals surface area contributed by atoms with Crippen LogP contribution in [0.25, 0.3) is 6.08 Å². The molecule has 0 radical (unpaired) electrons. The number of hydrogen-bond donors (Lipinski definition) is 1. The standard InChI is InChI=1S/C22H11F6N3/c23-12-6-8-13(9-7-12)31-22(29)15(21(30-31)11-4-2-1-3-5-11)10-14-16(24)18(26)20(28)19(27)17(14)25/h1-10,29H/b15-10+,29-22?. The predicted octanol–water partition coefficient (Wildman–Crippen LogP) is 5.81. The summed E-state index contributed by atoms with van der Waals surface area (Å²) in [7, 11) is 0. The smallest absolute Gasteiger partial charge is 0.200 e. The summed E-state index contributed by atoms with van der Waals surface area (Å²) in [6, 6.07) is 13.1. The Bertz CT molecular complexity index is 1220. The van der Waals surface area contributed by atoms with E-state index in [-0.39, 0.29) is 17.0 Å². The fraction of sp³-hybridized carbons (Fsp3) is 0. The van der Waals surface area contributed by atoms with E-state index in [2.05, 4.69) is 5.10 Å². The SMILES string of the molecule is N=C1/C(=C/c2c(F)c(F)c(F)c(F)c2F)C(c2ccccc2)=NN1c1ccc(F)cc1. The van der Waals surface area contributed by atoms with Crippen molar-refractivity contribution in [2.45, 2.75) is 0 Å². The third-order valence-electron chi connectivity index (χ3n) is 4.57. The van der Waals surface area contributed by atoms with E-state index >= 15 is 0 Å². The molecule has 156 valence electrons. The molecule has 0 spiro atoms. The molecular formula is C22H11F6N3. The summed E-state index contributed by atoms with van der Waals surface area (Å²) in [5.41, 5.74) is -0.606. The van der Waals surface area contributed by atoms with E-state index in [9.17, 15) is 26.3 Å². The molecule has 0 saturated heterocycles. The molecule has 1 aliphatic heterocycles. The maximum atomic E-state index is 14.2. The number of anilines is 1. The van der Waals surface area contributed by atoms with Gasteiger partial charge in [0.2, 0.25) is 5.82 Å². The Kier molecular flexibility index (Phi) is 5.10. The van der Waals surface area contributed by atoms with Crippen molar-refractivity contribution in [2.75, 3.05) is 5.01 Å². The van der Waals surface area contributed by atoms with Gasteiger partial charge in [0.05, 0.1) is 11.3 Å². The molecule has 4 rings (SSSR count). The summed E-state index contributed by atoms with van der Waals surface area (Å²) in [5, 5.41) is 13.8. The van der Waals surface area contributed by atoms with Gasteiger partial charge >= 0.3 is 0 Å². The quantitative estimate of drug-likeness (QED) is 0.318. The highest BCUT2D eigenvalue weighted by Crippen LogP contribution is 2.31. The second-order valence-electron chi connectivity index (χ2n) is 6.49. The fourth-order valence-corrected chi connectivity index (χ4v) is 3.04. The van der Waals surface area contributed by atoms with Crippen molar-refractivity contribution in [3.8, 4) is 0 Å². The normalized spacial score (nSPS) is 15.0. The van der Waals surface area contributed by atoms with Crippen LogP contribution in [0.1, 0.15) is 11.1 Å². The van der Waals surface area contributed by atoms with Crippen molar-refractivity contribution in [2.24, 2.45) is 5.10 Å². The van der Waals surface area contributed by atoms with Crippen LogP contribution in [0.5, 0.6) is 0 Å². The Morgan fingerprint density at radius 3 is 1.84 bits per heavy atom. The lowest BCUT2D eigenvalue weighted by Crippen LogP contribution is -2.21. The molecule has 31 heavy (non-hydrogen) atoms. The van der Waals surface area contributed by atoms with Crippen molar-refractivity contribution in [1.82, 2.24) is 0 Å². The van der Waals surface area contributed by atoms with Crippen LogP contribution in [-0.4, -0.2) is 11.5 Å². The van der Waals surface area contributed by atoms with Crippen molar-refractivity contribution in [1.29, 1.82) is 5.41 Å². The molecule has 0 saturated carbocycles. The molecule has 1 N–H and O–H groups in total. The van der Waals surface area contributed by atoms with E-state index in [0.29, 0.717) is 11.6 Å². The van der Waals surface area contributed by atoms with Gasteiger partial charge in [-0.05, 0) is 30.3 Å². The number of nitrogens with zero attached hydrogens (tertiary/aromatic N) is 2. The Hall–Kier alpha value is -3.88. The molecule has 1 heterocycles. The van der Waals surface area contributed by atoms with E-state index in [1.165, 1.54) is 12.1 Å². The minimum atomic E-state index is -2.27. The van der Waals surface area contributed by atoms with Crippen LogP contribution >= 0.6 is 0 Å². The third kappa shape index (κ3) is 3.48. The summed E-state index contributed by atoms with van der Waals surface area (Å²) in [6.07, 6.45) is 0.688. The molecule has 0 fully saturated rings. The number of rotatable bonds is 3. The predicted molar refractivity (Wildman–Crippen MR) is 104 cm³/mol. The molecule has 0 amide bonds. The van der Waals surface area contributed by atoms with E-state index in [1.807, 2.05) is 0 Å². The van der Waals surface area contributed by atoms with Crippen LogP contribution in [0.15, 0.2) is 65.3 Å². The first-order chi connectivity index (χ1) is 14.8. The third-order valence-corrected chi connectivity index (χ3v) is 4.57. The van der Waals surface area contributed by atoms with Crippen molar-refractivity contribution in [3.05, 3.63) is 106 Å². The monoisotopic (exact) mass is 431 g/mol. The van der Waals surface area contributed by atoms with Gasteiger partial charge in [-0.15, -0.1) is 0 Å². The Balaban J connectivity index is 1.91. The van der Waals surface area contributed by atoms with Crippen LogP contribution in [0.3, 0.4) is 0 Å². The summed E-state index contributed by atoms with van der Waals surface area (Å²) in [6.45, 7) is 0. The van der Waals surface area contributed by atoms with E-state index in [1.54, 1.807) is 30.3 Å². The average Bonchev–Trinajstić information content (AvgIpc) is 3.11. The topological polar surface area (TPSA) is 39.5 Å². The van der Waals surface area contributed by atoms with Crippen molar-refractivity contribution in [3.63, 3.8) is 0 Å². The van der Waals surface area contributed by atoms with Gasteiger partial charge < -0.3 is 0 Å². The number of amidine groups is 1. The van der Waals surface area contributed by atoms with Gasteiger partial charge in [-0.3, -0.25) is 5.41 Å². The number of hydrogen-bond acceptors (Lipinski definition) is 2. The molecule has 9 heteroatoms. The largest absolute Gasteiger partial charge is 0.282 e. The zero-order valence-electron chi connectivity index (χ0n) is 15.4. The van der Waals surface area contributed by atoms with Gasteiger partial charge in [-0.25, -0.2) is 31.4 Å². The Morgan fingerprint density at radius 2 is 1.26 bits per heavy atom. The molecule has 3 aromatic carbocycles. The molecule has 1 aliphatic rings. The van der Waals surface area contributed by atoms with Gasteiger partial charge in [0, 0.05) is 11.1 Å². The lowest BCUT2D eigenvalue weighted by Gasteiger charge is -2.14. The second kappa shape index (κ2) is 7.75.